The molecule has 6 nitrogen and oxygen atoms in total. The first-order chi connectivity index (χ1) is 13.9. The molecule has 3 aromatic rings. The van der Waals surface area contributed by atoms with Gasteiger partial charge in [0, 0.05) is 24.8 Å². The van der Waals surface area contributed by atoms with Crippen LogP contribution in [-0.2, 0) is 6.42 Å². The Morgan fingerprint density at radius 1 is 1.00 bits per heavy atom. The normalized spacial score (nSPS) is 10.7. The highest BCUT2D eigenvalue weighted by molar-refractivity contribution is 5.94. The molecule has 0 saturated carbocycles. The summed E-state index contributed by atoms with van der Waals surface area (Å²) in [6, 6.07) is 15.4. The largest absolute Gasteiger partial charge is 0.493 e. The van der Waals surface area contributed by atoms with Gasteiger partial charge in [0.15, 0.2) is 11.5 Å². The Kier molecular flexibility index (Phi) is 6.22. The number of aryl methyl sites for hydroxylation is 2. The number of hydrogen-bond acceptors (Lipinski definition) is 4. The van der Waals surface area contributed by atoms with E-state index in [4.69, 9.17) is 9.47 Å². The summed E-state index contributed by atoms with van der Waals surface area (Å²) in [6.45, 7) is 4.59. The smallest absolute Gasteiger partial charge is 0.253 e. The molecule has 1 heterocycles. The topological polar surface area (TPSA) is 56.6 Å². The van der Waals surface area contributed by atoms with E-state index in [9.17, 15) is 4.79 Å². The number of nitrogens with zero attached hydrogens (tertiary/aromatic N) is 3. The monoisotopic (exact) mass is 393 g/mol. The van der Waals surface area contributed by atoms with Gasteiger partial charge in [0.1, 0.15) is 0 Å². The molecule has 0 radical (unpaired) electrons. The van der Waals surface area contributed by atoms with Gasteiger partial charge in [-0.05, 0) is 68.3 Å². The number of rotatable bonds is 7. The minimum Gasteiger partial charge on any atom is -0.493 e. The molecular formula is C23H27N3O3. The van der Waals surface area contributed by atoms with Crippen LogP contribution in [0.3, 0.4) is 0 Å². The van der Waals surface area contributed by atoms with Gasteiger partial charge in [0.2, 0.25) is 0 Å². The van der Waals surface area contributed by atoms with E-state index in [0.29, 0.717) is 23.6 Å². The van der Waals surface area contributed by atoms with Crippen LogP contribution in [0.1, 0.15) is 27.3 Å². The maximum absolute atomic E-state index is 12.8. The fourth-order valence-electron chi connectivity index (χ4n) is 3.29. The first kappa shape index (κ1) is 20.5. The lowest BCUT2D eigenvalue weighted by atomic mass is 10.1. The molecule has 152 valence electrons. The number of benzene rings is 2. The molecule has 0 aliphatic heterocycles. The summed E-state index contributed by atoms with van der Waals surface area (Å²) in [7, 11) is 5.05. The zero-order valence-electron chi connectivity index (χ0n) is 17.6. The zero-order chi connectivity index (χ0) is 21.0. The second-order valence-corrected chi connectivity index (χ2v) is 7.05. The van der Waals surface area contributed by atoms with Gasteiger partial charge in [0.05, 0.1) is 25.6 Å². The fraction of sp³-hybridized carbons (Fsp3) is 0.304. The second-order valence-electron chi connectivity index (χ2n) is 7.05. The third kappa shape index (κ3) is 4.59. The van der Waals surface area contributed by atoms with Crippen LogP contribution >= 0.6 is 0 Å². The maximum Gasteiger partial charge on any atom is 0.253 e. The van der Waals surface area contributed by atoms with Crippen molar-refractivity contribution < 1.29 is 14.3 Å². The van der Waals surface area contributed by atoms with Crippen LogP contribution in [0.15, 0.2) is 48.5 Å². The SMILES string of the molecule is COc1ccc(CCN(C)C(=O)c2ccc(-n3nc(C)cc3C)cc2)cc1OC. The molecule has 29 heavy (non-hydrogen) atoms. The van der Waals surface area contributed by atoms with E-state index in [2.05, 4.69) is 5.10 Å². The second kappa shape index (κ2) is 8.82. The Balaban J connectivity index is 1.65. The van der Waals surface area contributed by atoms with E-state index in [0.717, 1.165) is 29.1 Å². The van der Waals surface area contributed by atoms with E-state index < -0.39 is 0 Å². The van der Waals surface area contributed by atoms with Crippen LogP contribution in [0.25, 0.3) is 5.69 Å². The van der Waals surface area contributed by atoms with Crippen molar-refractivity contribution in [3.05, 3.63) is 71.0 Å². The van der Waals surface area contributed by atoms with E-state index in [1.165, 1.54) is 0 Å². The van der Waals surface area contributed by atoms with Crippen molar-refractivity contribution in [2.24, 2.45) is 0 Å². The maximum atomic E-state index is 12.8. The lowest BCUT2D eigenvalue weighted by Crippen LogP contribution is -2.28. The Morgan fingerprint density at radius 3 is 2.28 bits per heavy atom. The summed E-state index contributed by atoms with van der Waals surface area (Å²) < 4.78 is 12.5. The highest BCUT2D eigenvalue weighted by Crippen LogP contribution is 2.27. The molecule has 0 bridgehead atoms. The predicted molar refractivity (Wildman–Crippen MR) is 113 cm³/mol. The van der Waals surface area contributed by atoms with Gasteiger partial charge in [-0.15, -0.1) is 0 Å². The van der Waals surface area contributed by atoms with Crippen molar-refractivity contribution in [2.75, 3.05) is 27.8 Å². The number of carbonyl (C=O) groups excluding carboxylic acids is 1. The zero-order valence-corrected chi connectivity index (χ0v) is 17.6. The Hall–Kier alpha value is -3.28. The molecule has 0 atom stereocenters. The molecule has 0 unspecified atom stereocenters. The van der Waals surface area contributed by atoms with E-state index in [1.807, 2.05) is 74.1 Å². The summed E-state index contributed by atoms with van der Waals surface area (Å²) in [5.74, 6) is 1.38. The van der Waals surface area contributed by atoms with Crippen LogP contribution in [-0.4, -0.2) is 48.4 Å². The van der Waals surface area contributed by atoms with Crippen molar-refractivity contribution in [1.29, 1.82) is 0 Å². The molecule has 0 aliphatic carbocycles. The van der Waals surface area contributed by atoms with Gasteiger partial charge < -0.3 is 14.4 Å². The first-order valence-electron chi connectivity index (χ1n) is 9.53. The lowest BCUT2D eigenvalue weighted by molar-refractivity contribution is 0.0796. The predicted octanol–water partition coefficient (Wildman–Crippen LogP) is 3.82. The summed E-state index contributed by atoms with van der Waals surface area (Å²) in [5, 5.41) is 4.48. The van der Waals surface area contributed by atoms with Crippen LogP contribution in [0.4, 0.5) is 0 Å². The van der Waals surface area contributed by atoms with Gasteiger partial charge in [-0.3, -0.25) is 4.79 Å². The third-order valence-corrected chi connectivity index (χ3v) is 4.90. The molecule has 3 rings (SSSR count). The van der Waals surface area contributed by atoms with Crippen molar-refractivity contribution in [3.8, 4) is 17.2 Å². The summed E-state index contributed by atoms with van der Waals surface area (Å²) in [6.07, 6.45) is 0.729. The number of carbonyl (C=O) groups is 1. The standard InChI is InChI=1S/C23H27N3O3/c1-16-14-17(2)26(24-16)20-9-7-19(8-10-20)23(27)25(3)13-12-18-6-11-21(28-4)22(15-18)29-5/h6-11,14-15H,12-13H2,1-5H3. The highest BCUT2D eigenvalue weighted by Gasteiger charge is 2.13. The van der Waals surface area contributed by atoms with Crippen LogP contribution in [0.5, 0.6) is 11.5 Å². The van der Waals surface area contributed by atoms with Gasteiger partial charge in [-0.25, -0.2) is 4.68 Å². The number of likely N-dealkylation sites (N-methyl/N-ethyl adjacent to an activating group) is 1. The first-order valence-corrected chi connectivity index (χ1v) is 9.53. The highest BCUT2D eigenvalue weighted by atomic mass is 16.5. The Morgan fingerprint density at radius 2 is 1.69 bits per heavy atom. The van der Waals surface area contributed by atoms with Crippen molar-refractivity contribution in [2.45, 2.75) is 20.3 Å². The van der Waals surface area contributed by atoms with Crippen LogP contribution in [0, 0.1) is 13.8 Å². The lowest BCUT2D eigenvalue weighted by Gasteiger charge is -2.18. The molecule has 0 aliphatic rings. The van der Waals surface area contributed by atoms with Crippen LogP contribution in [0.2, 0.25) is 0 Å². The summed E-state index contributed by atoms with van der Waals surface area (Å²) >= 11 is 0. The fourth-order valence-corrected chi connectivity index (χ4v) is 3.29. The van der Waals surface area contributed by atoms with Crippen LogP contribution < -0.4 is 9.47 Å². The summed E-state index contributed by atoms with van der Waals surface area (Å²) in [4.78, 5) is 14.5. The molecule has 1 amide bonds. The number of aromatic nitrogens is 2. The molecular weight excluding hydrogens is 366 g/mol. The molecule has 2 aromatic carbocycles. The van der Waals surface area contributed by atoms with Gasteiger partial charge in [-0.2, -0.15) is 5.10 Å². The molecule has 6 heteroatoms. The van der Waals surface area contributed by atoms with E-state index in [-0.39, 0.29) is 5.91 Å². The van der Waals surface area contributed by atoms with Crippen molar-refractivity contribution in [3.63, 3.8) is 0 Å². The molecule has 0 spiro atoms. The molecule has 0 N–H and O–H groups in total. The average molecular weight is 393 g/mol. The van der Waals surface area contributed by atoms with E-state index >= 15 is 0 Å². The Bertz CT molecular complexity index is 993. The number of amides is 1. The van der Waals surface area contributed by atoms with Crippen molar-refractivity contribution in [1.82, 2.24) is 14.7 Å². The van der Waals surface area contributed by atoms with Gasteiger partial charge >= 0.3 is 0 Å². The quantitative estimate of drug-likeness (QED) is 0.612. The number of methoxy groups -OCH3 is 2. The molecule has 0 saturated heterocycles. The van der Waals surface area contributed by atoms with Gasteiger partial charge in [-0.1, -0.05) is 6.07 Å². The number of ether oxygens (including phenoxy) is 2. The third-order valence-electron chi connectivity index (χ3n) is 4.90. The Labute approximate surface area is 171 Å². The minimum absolute atomic E-state index is 0.00889. The van der Waals surface area contributed by atoms with Gasteiger partial charge in [0.25, 0.3) is 5.91 Å². The minimum atomic E-state index is -0.00889. The van der Waals surface area contributed by atoms with E-state index in [1.54, 1.807) is 19.1 Å². The molecule has 1 aromatic heterocycles. The number of hydrogen-bond donors (Lipinski definition) is 0. The van der Waals surface area contributed by atoms with Crippen molar-refractivity contribution >= 4 is 5.91 Å². The molecule has 0 fully saturated rings. The summed E-state index contributed by atoms with van der Waals surface area (Å²) in [5.41, 5.74) is 4.72. The average Bonchev–Trinajstić information content (AvgIpc) is 3.09.